The molecule has 2 aromatic rings. The fourth-order valence-electron chi connectivity index (χ4n) is 3.92. The molecule has 0 amide bonds. The summed E-state index contributed by atoms with van der Waals surface area (Å²) < 4.78 is 46.9. The monoisotopic (exact) mass is 408 g/mol. The molecule has 0 radical (unpaired) electrons. The van der Waals surface area contributed by atoms with Crippen molar-refractivity contribution in [2.24, 2.45) is 11.8 Å². The zero-order chi connectivity index (χ0) is 20.2. The predicted molar refractivity (Wildman–Crippen MR) is 108 cm³/mol. The Morgan fingerprint density at radius 3 is 2.61 bits per heavy atom. The first-order valence-electron chi connectivity index (χ1n) is 9.96. The molecular formula is C21H29FN2O3S. The Bertz CT molecular complexity index is 852. The summed E-state index contributed by atoms with van der Waals surface area (Å²) in [6.45, 7) is 3.85. The van der Waals surface area contributed by atoms with E-state index < -0.39 is 15.5 Å². The van der Waals surface area contributed by atoms with Crippen molar-refractivity contribution in [1.82, 2.24) is 9.78 Å². The largest absolute Gasteiger partial charge is 0.493 e. The lowest BCUT2D eigenvalue weighted by Crippen LogP contribution is -2.40. The van der Waals surface area contributed by atoms with Crippen molar-refractivity contribution in [3.8, 4) is 11.4 Å². The van der Waals surface area contributed by atoms with Crippen LogP contribution in [-0.4, -0.2) is 42.0 Å². The van der Waals surface area contributed by atoms with Crippen molar-refractivity contribution < 1.29 is 17.5 Å². The molecule has 1 aromatic carbocycles. The maximum Gasteiger partial charge on any atom is 0.150 e. The minimum Gasteiger partial charge on any atom is -0.493 e. The quantitative estimate of drug-likeness (QED) is 0.656. The lowest BCUT2D eigenvalue weighted by atomic mass is 9.72. The van der Waals surface area contributed by atoms with Crippen LogP contribution in [-0.2, 0) is 9.84 Å². The minimum absolute atomic E-state index is 0.0521. The molecule has 3 rings (SSSR count). The standard InChI is InChI=1S/C21H29FN2O3S/c1-3-21(22)11-10-17(16-28(25,26)4-2)18(14-21)15-27-20-8-6-19(7-9-20)24-13-5-12-23-24/h5-9,12-13,17-18H,3-4,10-11,14-16H2,1-2H3/t17?,18-,21?/m1/s1. The summed E-state index contributed by atoms with van der Waals surface area (Å²) in [6.07, 6.45) is 5.42. The number of hydrogen-bond acceptors (Lipinski definition) is 4. The third-order valence-electron chi connectivity index (χ3n) is 5.87. The van der Waals surface area contributed by atoms with Crippen LogP contribution in [0.15, 0.2) is 42.7 Å². The van der Waals surface area contributed by atoms with E-state index in [0.717, 1.165) is 5.69 Å². The van der Waals surface area contributed by atoms with E-state index >= 15 is 0 Å². The lowest BCUT2D eigenvalue weighted by Gasteiger charge is -2.39. The molecule has 1 fully saturated rings. The number of ether oxygens (including phenoxy) is 1. The highest BCUT2D eigenvalue weighted by molar-refractivity contribution is 7.91. The average Bonchev–Trinajstić information content (AvgIpc) is 3.23. The van der Waals surface area contributed by atoms with Crippen LogP contribution in [0.1, 0.15) is 39.5 Å². The summed E-state index contributed by atoms with van der Waals surface area (Å²) in [5.41, 5.74) is -0.291. The van der Waals surface area contributed by atoms with Gasteiger partial charge in [-0.15, -0.1) is 0 Å². The van der Waals surface area contributed by atoms with E-state index in [9.17, 15) is 12.8 Å². The first-order chi connectivity index (χ1) is 13.3. The van der Waals surface area contributed by atoms with Crippen molar-refractivity contribution in [1.29, 1.82) is 0 Å². The van der Waals surface area contributed by atoms with Crippen molar-refractivity contribution in [2.45, 2.75) is 45.2 Å². The van der Waals surface area contributed by atoms with Crippen LogP contribution in [0.5, 0.6) is 5.75 Å². The molecular weight excluding hydrogens is 379 g/mol. The molecule has 0 bridgehead atoms. The van der Waals surface area contributed by atoms with Crippen molar-refractivity contribution >= 4 is 9.84 Å². The molecule has 3 atom stereocenters. The average molecular weight is 409 g/mol. The molecule has 28 heavy (non-hydrogen) atoms. The molecule has 2 unspecified atom stereocenters. The summed E-state index contributed by atoms with van der Waals surface area (Å²) in [5.74, 6) is 0.782. The Morgan fingerprint density at radius 1 is 1.25 bits per heavy atom. The van der Waals surface area contributed by atoms with Gasteiger partial charge in [-0.05, 0) is 67.9 Å². The third kappa shape index (κ3) is 5.13. The molecule has 0 spiro atoms. The molecule has 1 aliphatic rings. The van der Waals surface area contributed by atoms with Gasteiger partial charge in [-0.1, -0.05) is 13.8 Å². The van der Waals surface area contributed by atoms with Crippen LogP contribution in [0.3, 0.4) is 0 Å². The number of nitrogens with zero attached hydrogens (tertiary/aromatic N) is 2. The maximum atomic E-state index is 15.0. The summed E-state index contributed by atoms with van der Waals surface area (Å²) >= 11 is 0. The van der Waals surface area contributed by atoms with Crippen LogP contribution in [0, 0.1) is 11.8 Å². The Morgan fingerprint density at radius 2 is 2.00 bits per heavy atom. The Balaban J connectivity index is 1.67. The summed E-state index contributed by atoms with van der Waals surface area (Å²) in [6, 6.07) is 9.40. The normalized spacial score (nSPS) is 25.5. The molecule has 1 heterocycles. The molecule has 0 saturated heterocycles. The highest BCUT2D eigenvalue weighted by Crippen LogP contribution is 2.42. The number of benzene rings is 1. The minimum atomic E-state index is -3.10. The Labute approximate surface area is 166 Å². The molecule has 0 N–H and O–H groups in total. The van der Waals surface area contributed by atoms with E-state index in [4.69, 9.17) is 4.74 Å². The van der Waals surface area contributed by atoms with Gasteiger partial charge in [0.25, 0.3) is 0 Å². The molecule has 154 valence electrons. The van der Waals surface area contributed by atoms with Gasteiger partial charge in [0.1, 0.15) is 21.3 Å². The van der Waals surface area contributed by atoms with Crippen LogP contribution >= 0.6 is 0 Å². The van der Waals surface area contributed by atoms with Crippen LogP contribution in [0.2, 0.25) is 0 Å². The molecule has 0 aliphatic heterocycles. The second kappa shape index (κ2) is 8.64. The van der Waals surface area contributed by atoms with Gasteiger partial charge in [0.15, 0.2) is 0 Å². The number of hydrogen-bond donors (Lipinski definition) is 0. The predicted octanol–water partition coefficient (Wildman–Crippen LogP) is 4.22. The number of halogens is 1. The number of rotatable bonds is 8. The van der Waals surface area contributed by atoms with Gasteiger partial charge in [0.05, 0.1) is 18.0 Å². The zero-order valence-corrected chi connectivity index (χ0v) is 17.4. The van der Waals surface area contributed by atoms with E-state index in [2.05, 4.69) is 5.10 Å². The van der Waals surface area contributed by atoms with Gasteiger partial charge < -0.3 is 4.74 Å². The fraction of sp³-hybridized carbons (Fsp3) is 0.571. The lowest BCUT2D eigenvalue weighted by molar-refractivity contribution is 0.0256. The van der Waals surface area contributed by atoms with Crippen LogP contribution in [0.25, 0.3) is 5.69 Å². The summed E-state index contributed by atoms with van der Waals surface area (Å²) in [7, 11) is -3.10. The molecule has 1 saturated carbocycles. The van der Waals surface area contributed by atoms with Gasteiger partial charge >= 0.3 is 0 Å². The van der Waals surface area contributed by atoms with E-state index in [1.54, 1.807) is 17.8 Å². The van der Waals surface area contributed by atoms with Gasteiger partial charge in [0, 0.05) is 18.1 Å². The first kappa shape index (κ1) is 20.8. The van der Waals surface area contributed by atoms with Gasteiger partial charge in [-0.25, -0.2) is 17.5 Å². The van der Waals surface area contributed by atoms with E-state index in [1.807, 2.05) is 43.5 Å². The number of sulfone groups is 1. The third-order valence-corrected chi connectivity index (χ3v) is 7.68. The van der Waals surface area contributed by atoms with Gasteiger partial charge in [-0.2, -0.15) is 5.10 Å². The zero-order valence-electron chi connectivity index (χ0n) is 16.6. The maximum absolute atomic E-state index is 15.0. The molecule has 1 aliphatic carbocycles. The van der Waals surface area contributed by atoms with Crippen molar-refractivity contribution in [2.75, 3.05) is 18.1 Å². The van der Waals surface area contributed by atoms with Gasteiger partial charge in [0.2, 0.25) is 0 Å². The number of aromatic nitrogens is 2. The van der Waals surface area contributed by atoms with Gasteiger partial charge in [-0.3, -0.25) is 0 Å². The Kier molecular flexibility index (Phi) is 6.43. The second-order valence-corrected chi connectivity index (χ2v) is 10.1. The summed E-state index contributed by atoms with van der Waals surface area (Å²) in [5, 5.41) is 4.19. The van der Waals surface area contributed by atoms with Crippen LogP contribution in [0.4, 0.5) is 4.39 Å². The van der Waals surface area contributed by atoms with Crippen molar-refractivity contribution in [3.05, 3.63) is 42.7 Å². The molecule has 1 aromatic heterocycles. The highest BCUT2D eigenvalue weighted by atomic mass is 32.2. The smallest absolute Gasteiger partial charge is 0.150 e. The second-order valence-electron chi connectivity index (χ2n) is 7.72. The van der Waals surface area contributed by atoms with Crippen molar-refractivity contribution in [3.63, 3.8) is 0 Å². The molecule has 7 heteroatoms. The fourth-order valence-corrected chi connectivity index (χ4v) is 5.24. The first-order valence-corrected chi connectivity index (χ1v) is 11.8. The Hall–Kier alpha value is -1.89. The van der Waals surface area contributed by atoms with E-state index in [1.165, 1.54) is 0 Å². The molecule has 5 nitrogen and oxygen atoms in total. The summed E-state index contributed by atoms with van der Waals surface area (Å²) in [4.78, 5) is 0. The SMILES string of the molecule is CCC1(F)CCC(CS(=O)(=O)CC)[C@@H](COc2ccc(-n3cccn3)cc2)C1. The van der Waals surface area contributed by atoms with E-state index in [-0.39, 0.29) is 23.3 Å². The van der Waals surface area contributed by atoms with E-state index in [0.29, 0.717) is 38.0 Å². The topological polar surface area (TPSA) is 61.2 Å². The van der Waals surface area contributed by atoms with Crippen LogP contribution < -0.4 is 4.74 Å². The highest BCUT2D eigenvalue weighted by Gasteiger charge is 2.41. The number of alkyl halides is 1.